The molecule has 5 saturated heterocycles. The zero-order chi connectivity index (χ0) is 62.2. The van der Waals surface area contributed by atoms with Gasteiger partial charge in [-0.25, -0.2) is 4.79 Å². The molecule has 10 rings (SSSR count). The van der Waals surface area contributed by atoms with E-state index in [4.69, 9.17) is 47.4 Å². The minimum atomic E-state index is -2.08. The molecule has 28 nitrogen and oxygen atoms in total. The molecule has 5 aliphatic heterocycles. The van der Waals surface area contributed by atoms with Crippen LogP contribution in [0.5, 0.6) is 0 Å². The molecule has 5 aliphatic carbocycles. The molecule has 0 bridgehead atoms. The van der Waals surface area contributed by atoms with E-state index in [2.05, 4.69) is 40.7 Å². The highest BCUT2D eigenvalue weighted by Crippen LogP contribution is 2.76. The second-order valence-electron chi connectivity index (χ2n) is 28.0. The fourth-order valence-corrected chi connectivity index (χ4v) is 17.4. The Kier molecular flexibility index (Phi) is 18.1. The summed E-state index contributed by atoms with van der Waals surface area (Å²) in [6.07, 6.45) is -33.6. The van der Waals surface area contributed by atoms with E-state index in [-0.39, 0.29) is 36.5 Å². The van der Waals surface area contributed by atoms with Crippen LogP contribution >= 0.6 is 0 Å². The number of carboxylic acids is 1. The number of carbonyl (C=O) groups is 2. The maximum Gasteiger partial charge on any atom is 0.335 e. The van der Waals surface area contributed by atoms with Crippen LogP contribution in [0, 0.1) is 50.2 Å². The molecule has 486 valence electrons. The van der Waals surface area contributed by atoms with Crippen molar-refractivity contribution in [3.8, 4) is 0 Å². The molecule has 0 aromatic rings. The Morgan fingerprint density at radius 2 is 1.25 bits per heavy atom. The number of aliphatic hydroxyl groups excluding tert-OH is 14. The molecule has 0 amide bonds. The lowest BCUT2D eigenvalue weighted by atomic mass is 9.33. The van der Waals surface area contributed by atoms with Gasteiger partial charge in [0.05, 0.1) is 57.5 Å². The first-order valence-electron chi connectivity index (χ1n) is 29.7. The Balaban J connectivity index is 0.859. The first kappa shape index (κ1) is 65.7. The van der Waals surface area contributed by atoms with Crippen LogP contribution in [-0.2, 0) is 57.0 Å². The van der Waals surface area contributed by atoms with Crippen LogP contribution < -0.4 is 0 Å². The van der Waals surface area contributed by atoms with Gasteiger partial charge in [-0.1, -0.05) is 53.2 Å². The molecule has 0 aromatic heterocycles. The third-order valence-electron chi connectivity index (χ3n) is 22.5. The number of allylic oxidation sites excluding steroid dienone is 2. The monoisotopic (exact) mass is 1220 g/mol. The third kappa shape index (κ3) is 10.6. The number of ether oxygens (including phenoxy) is 10. The molecule has 85 heavy (non-hydrogen) atoms. The predicted octanol–water partition coefficient (Wildman–Crippen LogP) is -4.26. The van der Waals surface area contributed by atoms with Gasteiger partial charge in [-0.3, -0.25) is 4.79 Å². The molecule has 10 aliphatic rings. The number of aliphatic hydroxyl groups is 15. The van der Waals surface area contributed by atoms with Gasteiger partial charge in [0.15, 0.2) is 37.4 Å². The van der Waals surface area contributed by atoms with E-state index in [9.17, 15) is 86.5 Å². The summed E-state index contributed by atoms with van der Waals surface area (Å²) in [6, 6.07) is 0. The molecule has 5 heterocycles. The second-order valence-corrected chi connectivity index (χ2v) is 28.0. The molecule has 0 spiro atoms. The third-order valence-corrected chi connectivity index (χ3v) is 22.5. The molecule has 4 saturated carbocycles. The van der Waals surface area contributed by atoms with Crippen LogP contribution in [0.4, 0.5) is 0 Å². The van der Waals surface area contributed by atoms with Gasteiger partial charge in [0.25, 0.3) is 0 Å². The lowest BCUT2D eigenvalue weighted by Gasteiger charge is -2.72. The Morgan fingerprint density at radius 1 is 0.612 bits per heavy atom. The van der Waals surface area contributed by atoms with E-state index >= 15 is 4.79 Å². The Hall–Kier alpha value is -2.28. The highest BCUT2D eigenvalue weighted by Gasteiger charge is 2.73. The summed E-state index contributed by atoms with van der Waals surface area (Å²) in [5.74, 6) is -3.61. The second kappa shape index (κ2) is 23.4. The van der Waals surface area contributed by atoms with Gasteiger partial charge in [-0.2, -0.15) is 0 Å². The number of esters is 1. The summed E-state index contributed by atoms with van der Waals surface area (Å²) in [5, 5.41) is 176. The Morgan fingerprint density at radius 3 is 1.91 bits per heavy atom. The number of hydrogen-bond donors (Lipinski definition) is 16. The maximum atomic E-state index is 15.4. The van der Waals surface area contributed by atoms with Crippen molar-refractivity contribution >= 4 is 11.9 Å². The first-order chi connectivity index (χ1) is 39.7. The molecule has 28 heteroatoms. The number of fused-ring (bicyclic) bond motifs is 7. The van der Waals surface area contributed by atoms with E-state index in [1.54, 1.807) is 6.92 Å². The average Bonchev–Trinajstić information content (AvgIpc) is 0.972. The van der Waals surface area contributed by atoms with Gasteiger partial charge in [0.2, 0.25) is 6.29 Å². The van der Waals surface area contributed by atoms with Crippen molar-refractivity contribution in [3.05, 3.63) is 11.6 Å². The van der Waals surface area contributed by atoms with Crippen LogP contribution in [-0.4, -0.2) is 274 Å². The van der Waals surface area contributed by atoms with Crippen LogP contribution in [0.1, 0.15) is 99.8 Å². The predicted molar refractivity (Wildman–Crippen MR) is 281 cm³/mol. The maximum absolute atomic E-state index is 15.4. The summed E-state index contributed by atoms with van der Waals surface area (Å²) in [5.41, 5.74) is -6.35. The number of carboxylic acid groups (broad SMARTS) is 1. The molecule has 2 unspecified atom stereocenters. The molecular weight excluding hydrogens is 1130 g/mol. The average molecular weight is 1220 g/mol. The SMILES string of the molecule is C[C@@H]1O[C@@H](O[C@H]2[C@H](OC(=O)[C@]34CCC(C)(C)C[C@H]3C3=CCC5[C@@]6(C)C[C@H](O)[C@H](O[C@@H]7O[C@H](C(=O)O)[C@@H](O)[C@H](O)[C@H]7O)[C@@](C)(CO)C6CC[C@@]5(C)[C@]3(C)C[C@H]4O)OC[C@H](O)[C@@H]2O)[C@H](O)[C@H](O)[C@H]1O[C@@H]1OC[C@@H](O)[C@H](O[C@@H]2OC[C@](O)(CO)[C@H]2O)[C@H]1O. The molecule has 0 aromatic carbocycles. The quantitative estimate of drug-likeness (QED) is 0.0472. The number of carbonyl (C=O) groups excluding carboxylic acids is 1. The summed E-state index contributed by atoms with van der Waals surface area (Å²) in [6.45, 7) is 10.8. The number of aliphatic carboxylic acids is 1. The van der Waals surface area contributed by atoms with Crippen LogP contribution in [0.2, 0.25) is 0 Å². The van der Waals surface area contributed by atoms with Gasteiger partial charge in [-0.05, 0) is 97.7 Å². The van der Waals surface area contributed by atoms with Crippen molar-refractivity contribution in [2.75, 3.05) is 33.0 Å². The van der Waals surface area contributed by atoms with E-state index in [1.807, 2.05) is 0 Å². The van der Waals surface area contributed by atoms with Crippen molar-refractivity contribution in [1.29, 1.82) is 0 Å². The van der Waals surface area contributed by atoms with Gasteiger partial charge < -0.3 is 129 Å². The van der Waals surface area contributed by atoms with E-state index in [0.717, 1.165) is 5.57 Å². The summed E-state index contributed by atoms with van der Waals surface area (Å²) in [7, 11) is 0. The standard InChI is InChI=1S/C57H90O28/c1-22-38(80-45-37(70)39(27(62)18-76-45)81-49-42(71)56(75,20-59)21-78-49)34(67)36(69)46(79-22)83-41-31(64)26(61)17-77-48(41)85-50(74)57-13-12-51(2,3)14-24(57)23-8-9-29-52(4)15-25(60)43(84-47-35(68)32(65)33(66)40(82-47)44(72)73)53(5,19-58)28(52)10-11-54(29,6)55(23,7)16-30(57)63/h8,22,24-43,45-49,58-71,75H,9-21H2,1-7H3,(H,72,73)/t22-,24-,25-,26-,27+,28?,29?,30+,31-,32-,33-,34-,35+,36+,37+,38-,39-,40-,41+,42-,43-,45-,46-,47-,48-,49-,52-,53-,54+,55+,56+,57+/m0/s1. The van der Waals surface area contributed by atoms with E-state index in [0.29, 0.717) is 32.1 Å². The van der Waals surface area contributed by atoms with Gasteiger partial charge in [0.1, 0.15) is 84.3 Å². The zero-order valence-electron chi connectivity index (χ0n) is 48.8. The topological polar surface area (TPSA) is 450 Å². The molecule has 16 N–H and O–H groups in total. The normalized spacial score (nSPS) is 55.1. The van der Waals surface area contributed by atoms with Crippen LogP contribution in [0.3, 0.4) is 0 Å². The van der Waals surface area contributed by atoms with Crippen molar-refractivity contribution < 1.29 is 139 Å². The Labute approximate surface area is 491 Å². The first-order valence-corrected chi connectivity index (χ1v) is 29.7. The van der Waals surface area contributed by atoms with Crippen molar-refractivity contribution in [1.82, 2.24) is 0 Å². The highest BCUT2D eigenvalue weighted by atomic mass is 16.8. The summed E-state index contributed by atoms with van der Waals surface area (Å²) < 4.78 is 58.3. The van der Waals surface area contributed by atoms with Crippen molar-refractivity contribution in [3.63, 3.8) is 0 Å². The Bertz CT molecular complexity index is 2460. The molecule has 9 fully saturated rings. The van der Waals surface area contributed by atoms with E-state index in [1.165, 1.54) is 6.92 Å². The van der Waals surface area contributed by atoms with E-state index < -0.39 is 225 Å². The summed E-state index contributed by atoms with van der Waals surface area (Å²) in [4.78, 5) is 27.4. The van der Waals surface area contributed by atoms with Crippen LogP contribution in [0.25, 0.3) is 0 Å². The smallest absolute Gasteiger partial charge is 0.335 e. The lowest BCUT2D eigenvalue weighted by molar-refractivity contribution is -0.372. The minimum Gasteiger partial charge on any atom is -0.479 e. The van der Waals surface area contributed by atoms with Crippen molar-refractivity contribution in [2.24, 2.45) is 50.2 Å². The van der Waals surface area contributed by atoms with Gasteiger partial charge >= 0.3 is 11.9 Å². The number of hydrogen-bond acceptors (Lipinski definition) is 27. The molecule has 32 atom stereocenters. The van der Waals surface area contributed by atoms with Crippen molar-refractivity contribution in [2.45, 2.75) is 247 Å². The highest BCUT2D eigenvalue weighted by molar-refractivity contribution is 5.80. The number of rotatable bonds is 13. The summed E-state index contributed by atoms with van der Waals surface area (Å²) >= 11 is 0. The van der Waals surface area contributed by atoms with Gasteiger partial charge in [0, 0.05) is 5.41 Å². The largest absolute Gasteiger partial charge is 0.479 e. The van der Waals surface area contributed by atoms with Gasteiger partial charge in [-0.15, -0.1) is 0 Å². The van der Waals surface area contributed by atoms with Crippen LogP contribution in [0.15, 0.2) is 11.6 Å². The molecular formula is C57H90O28. The zero-order valence-corrected chi connectivity index (χ0v) is 48.8. The fraction of sp³-hybridized carbons (Fsp3) is 0.930. The molecule has 0 radical (unpaired) electrons. The lowest BCUT2D eigenvalue weighted by Crippen LogP contribution is -2.70. The fourth-order valence-electron chi connectivity index (χ4n) is 17.4. The minimum absolute atomic E-state index is 0.0954.